The molecule has 0 bridgehead atoms. The molecular weight excluding hydrogens is 300 g/mol. The predicted molar refractivity (Wildman–Crippen MR) is 85.2 cm³/mol. The average Bonchev–Trinajstić information content (AvgIpc) is 3.09. The third kappa shape index (κ3) is 3.18. The number of halogens is 1. The number of aryl methyl sites for hydroxylation is 1. The fourth-order valence-electron chi connectivity index (χ4n) is 2.38. The summed E-state index contributed by atoms with van der Waals surface area (Å²) in [6.07, 6.45) is 3.42. The van der Waals surface area contributed by atoms with Crippen LogP contribution in [-0.2, 0) is 20.1 Å². The van der Waals surface area contributed by atoms with Crippen molar-refractivity contribution < 1.29 is 0 Å². The number of aromatic amines is 1. The van der Waals surface area contributed by atoms with E-state index in [1.54, 1.807) is 11.0 Å². The van der Waals surface area contributed by atoms with Crippen molar-refractivity contribution in [3.05, 3.63) is 53.2 Å². The Hall–Kier alpha value is -2.18. The van der Waals surface area contributed by atoms with Crippen molar-refractivity contribution in [2.45, 2.75) is 13.1 Å². The molecule has 0 radical (unpaired) electrons. The maximum atomic E-state index is 6.07. The lowest BCUT2D eigenvalue weighted by molar-refractivity contribution is 0.305. The van der Waals surface area contributed by atoms with Crippen LogP contribution in [0.5, 0.6) is 0 Å². The first kappa shape index (κ1) is 14.7. The fraction of sp³-hybridized carbons (Fsp3) is 0.267. The van der Waals surface area contributed by atoms with Crippen molar-refractivity contribution in [2.75, 3.05) is 7.05 Å². The highest BCUT2D eigenvalue weighted by Crippen LogP contribution is 2.24. The number of hydrogen-bond acceptors (Lipinski definition) is 4. The molecule has 0 unspecified atom stereocenters. The molecule has 0 saturated heterocycles. The number of rotatable bonds is 5. The third-order valence-electron chi connectivity index (χ3n) is 3.49. The molecule has 6 nitrogen and oxygen atoms in total. The molecule has 2 aromatic heterocycles. The molecule has 0 spiro atoms. The van der Waals surface area contributed by atoms with E-state index in [0.717, 1.165) is 35.7 Å². The Kier molecular flexibility index (Phi) is 4.22. The van der Waals surface area contributed by atoms with Crippen molar-refractivity contribution in [3.63, 3.8) is 0 Å². The summed E-state index contributed by atoms with van der Waals surface area (Å²) in [6, 6.07) is 7.75. The monoisotopic (exact) mass is 316 g/mol. The highest BCUT2D eigenvalue weighted by atomic mass is 35.5. The van der Waals surface area contributed by atoms with Crippen LogP contribution in [0, 0.1) is 0 Å². The molecule has 0 saturated carbocycles. The summed E-state index contributed by atoms with van der Waals surface area (Å²) in [4.78, 5) is 6.42. The van der Waals surface area contributed by atoms with Gasteiger partial charge in [0.05, 0.1) is 18.4 Å². The van der Waals surface area contributed by atoms with Gasteiger partial charge < -0.3 is 0 Å². The first-order valence-corrected chi connectivity index (χ1v) is 7.31. The molecule has 0 amide bonds. The van der Waals surface area contributed by atoms with Crippen LogP contribution in [0.3, 0.4) is 0 Å². The molecule has 0 fully saturated rings. The third-order valence-corrected chi connectivity index (χ3v) is 3.72. The summed E-state index contributed by atoms with van der Waals surface area (Å²) < 4.78 is 1.78. The lowest BCUT2D eigenvalue weighted by Gasteiger charge is -2.16. The minimum atomic E-state index is 0.713. The van der Waals surface area contributed by atoms with Gasteiger partial charge in [0, 0.05) is 29.7 Å². The van der Waals surface area contributed by atoms with Crippen molar-refractivity contribution in [2.24, 2.45) is 7.05 Å². The molecule has 1 N–H and O–H groups in total. The zero-order valence-corrected chi connectivity index (χ0v) is 13.2. The number of H-pyrrole nitrogens is 1. The maximum Gasteiger partial charge on any atom is 0.140 e. The summed E-state index contributed by atoms with van der Waals surface area (Å²) in [6.45, 7) is 1.47. The number of nitrogens with zero attached hydrogens (tertiary/aromatic N) is 5. The lowest BCUT2D eigenvalue weighted by Crippen LogP contribution is -2.20. The van der Waals surface area contributed by atoms with Gasteiger partial charge in [0.1, 0.15) is 12.2 Å². The number of benzene rings is 1. The molecule has 114 valence electrons. The zero-order valence-electron chi connectivity index (χ0n) is 12.5. The zero-order chi connectivity index (χ0) is 15.5. The largest absolute Gasteiger partial charge is 0.295 e. The normalized spacial score (nSPS) is 11.3. The first-order valence-electron chi connectivity index (χ1n) is 6.93. The highest BCUT2D eigenvalue weighted by Gasteiger charge is 2.12. The Morgan fingerprint density at radius 1 is 1.32 bits per heavy atom. The summed E-state index contributed by atoms with van der Waals surface area (Å²) in [5.74, 6) is 0.926. The molecule has 22 heavy (non-hydrogen) atoms. The number of nitrogens with one attached hydrogen (secondary N) is 1. The number of aromatic nitrogens is 5. The average molecular weight is 317 g/mol. The van der Waals surface area contributed by atoms with E-state index in [9.17, 15) is 0 Å². The molecular formula is C15H17ClN6. The van der Waals surface area contributed by atoms with Gasteiger partial charge in [-0.2, -0.15) is 10.2 Å². The van der Waals surface area contributed by atoms with Crippen molar-refractivity contribution in [1.82, 2.24) is 29.9 Å². The second kappa shape index (κ2) is 6.29. The first-order chi connectivity index (χ1) is 10.6. The minimum Gasteiger partial charge on any atom is -0.295 e. The SMILES string of the molecule is CN(Cc1cn[nH]c1-c1cccc(Cl)c1)Cc1ncnn1C. The molecule has 1 aromatic carbocycles. The summed E-state index contributed by atoms with van der Waals surface area (Å²) in [7, 11) is 3.94. The summed E-state index contributed by atoms with van der Waals surface area (Å²) in [5.41, 5.74) is 3.14. The number of hydrogen-bond donors (Lipinski definition) is 1. The lowest BCUT2D eigenvalue weighted by atomic mass is 10.1. The van der Waals surface area contributed by atoms with Gasteiger partial charge in [-0.05, 0) is 19.2 Å². The van der Waals surface area contributed by atoms with Crippen LogP contribution in [-0.4, -0.2) is 36.9 Å². The molecule has 0 aliphatic carbocycles. The molecule has 3 aromatic rings. The van der Waals surface area contributed by atoms with Crippen LogP contribution in [0.15, 0.2) is 36.8 Å². The molecule has 0 aliphatic heterocycles. The van der Waals surface area contributed by atoms with E-state index < -0.39 is 0 Å². The van der Waals surface area contributed by atoms with Gasteiger partial charge >= 0.3 is 0 Å². The van der Waals surface area contributed by atoms with Gasteiger partial charge in [0.2, 0.25) is 0 Å². The maximum absolute atomic E-state index is 6.07. The van der Waals surface area contributed by atoms with Crippen LogP contribution in [0.25, 0.3) is 11.3 Å². The van der Waals surface area contributed by atoms with Gasteiger partial charge in [-0.3, -0.25) is 14.7 Å². The molecule has 3 rings (SSSR count). The van der Waals surface area contributed by atoms with Crippen LogP contribution in [0.1, 0.15) is 11.4 Å². The Morgan fingerprint density at radius 3 is 2.91 bits per heavy atom. The second-order valence-corrected chi connectivity index (χ2v) is 5.69. The van der Waals surface area contributed by atoms with Gasteiger partial charge in [0.15, 0.2) is 0 Å². The van der Waals surface area contributed by atoms with E-state index in [1.807, 2.05) is 44.6 Å². The summed E-state index contributed by atoms with van der Waals surface area (Å²) in [5, 5.41) is 12.0. The van der Waals surface area contributed by atoms with Gasteiger partial charge in [-0.15, -0.1) is 0 Å². The fourth-order valence-corrected chi connectivity index (χ4v) is 2.57. The van der Waals surface area contributed by atoms with E-state index in [1.165, 1.54) is 0 Å². The molecule has 0 aliphatic rings. The predicted octanol–water partition coefficient (Wildman–Crippen LogP) is 2.49. The van der Waals surface area contributed by atoms with Crippen LogP contribution in [0.4, 0.5) is 0 Å². The molecule has 7 heteroatoms. The van der Waals surface area contributed by atoms with Gasteiger partial charge in [0.25, 0.3) is 0 Å². The van der Waals surface area contributed by atoms with Crippen molar-refractivity contribution in [3.8, 4) is 11.3 Å². The molecule has 2 heterocycles. The smallest absolute Gasteiger partial charge is 0.140 e. The van der Waals surface area contributed by atoms with Gasteiger partial charge in [-0.25, -0.2) is 4.98 Å². The van der Waals surface area contributed by atoms with Crippen molar-refractivity contribution in [1.29, 1.82) is 0 Å². The van der Waals surface area contributed by atoms with Gasteiger partial charge in [-0.1, -0.05) is 23.7 Å². The van der Waals surface area contributed by atoms with Crippen LogP contribution in [0.2, 0.25) is 5.02 Å². The Balaban J connectivity index is 1.76. The van der Waals surface area contributed by atoms with Crippen LogP contribution >= 0.6 is 11.6 Å². The Bertz CT molecular complexity index is 763. The topological polar surface area (TPSA) is 62.6 Å². The van der Waals surface area contributed by atoms with E-state index >= 15 is 0 Å². The molecule has 0 atom stereocenters. The Labute approximate surface area is 133 Å². The van der Waals surface area contributed by atoms with E-state index in [-0.39, 0.29) is 0 Å². The second-order valence-electron chi connectivity index (χ2n) is 5.25. The van der Waals surface area contributed by atoms with Crippen molar-refractivity contribution >= 4 is 11.6 Å². The van der Waals surface area contributed by atoms with E-state index in [4.69, 9.17) is 11.6 Å². The highest BCUT2D eigenvalue weighted by molar-refractivity contribution is 6.30. The Morgan fingerprint density at radius 2 is 2.18 bits per heavy atom. The standard InChI is InChI=1S/C15H17ClN6/c1-21(9-14-17-10-19-22(14)2)8-12-7-18-20-15(12)11-4-3-5-13(16)6-11/h3-7,10H,8-9H2,1-2H3,(H,18,20). The quantitative estimate of drug-likeness (QED) is 0.785. The van der Waals surface area contributed by atoms with Crippen LogP contribution < -0.4 is 0 Å². The summed E-state index contributed by atoms with van der Waals surface area (Å²) >= 11 is 6.07. The van der Waals surface area contributed by atoms with E-state index in [0.29, 0.717) is 5.02 Å². The van der Waals surface area contributed by atoms with E-state index in [2.05, 4.69) is 25.2 Å². The minimum absolute atomic E-state index is 0.713.